The van der Waals surface area contributed by atoms with Crippen molar-refractivity contribution in [3.05, 3.63) is 53.6 Å². The summed E-state index contributed by atoms with van der Waals surface area (Å²) in [6, 6.07) is 12.5. The second kappa shape index (κ2) is 7.40. The van der Waals surface area contributed by atoms with Gasteiger partial charge in [0.25, 0.3) is 0 Å². The molecule has 0 bridgehead atoms. The van der Waals surface area contributed by atoms with E-state index >= 15 is 0 Å². The molecule has 0 amide bonds. The van der Waals surface area contributed by atoms with E-state index in [4.69, 9.17) is 0 Å². The molecule has 0 atom stereocenters. The van der Waals surface area contributed by atoms with Crippen molar-refractivity contribution >= 4 is 17.2 Å². The molecule has 0 aromatic heterocycles. The van der Waals surface area contributed by atoms with Gasteiger partial charge in [0.1, 0.15) is 11.4 Å². The zero-order valence-electron chi connectivity index (χ0n) is 16.5. The molecular formula is C22H28N2O2. The first-order chi connectivity index (χ1) is 12.0. The number of Topliss-reactive ketones (excluding diaryl/α,β-unsaturated/α-hetero) is 1. The maximum Gasteiger partial charge on any atom is 0.168 e. The van der Waals surface area contributed by atoms with Crippen LogP contribution in [-0.2, 0) is 6.42 Å². The van der Waals surface area contributed by atoms with Gasteiger partial charge in [-0.2, -0.15) is 5.11 Å². The summed E-state index contributed by atoms with van der Waals surface area (Å²) in [5.41, 5.74) is 2.59. The molecule has 0 radical (unpaired) electrons. The van der Waals surface area contributed by atoms with Crippen molar-refractivity contribution in [3.8, 4) is 5.75 Å². The summed E-state index contributed by atoms with van der Waals surface area (Å²) in [6.45, 7) is 12.2. The van der Waals surface area contributed by atoms with Crippen LogP contribution in [0.4, 0.5) is 11.4 Å². The van der Waals surface area contributed by atoms with E-state index in [9.17, 15) is 9.90 Å². The monoisotopic (exact) mass is 352 g/mol. The van der Waals surface area contributed by atoms with Gasteiger partial charge in [-0.05, 0) is 53.8 Å². The minimum absolute atomic E-state index is 0.0912. The Kier molecular flexibility index (Phi) is 5.65. The van der Waals surface area contributed by atoms with Gasteiger partial charge in [0.05, 0.1) is 5.69 Å². The van der Waals surface area contributed by atoms with Gasteiger partial charge in [-0.25, -0.2) is 0 Å². The quantitative estimate of drug-likeness (QED) is 0.496. The summed E-state index contributed by atoms with van der Waals surface area (Å²) in [6.07, 6.45) is 0.888. The number of carbonyl (C=O) groups is 1. The normalized spacial score (nSPS) is 12.5. The van der Waals surface area contributed by atoms with Crippen LogP contribution < -0.4 is 0 Å². The van der Waals surface area contributed by atoms with Crippen LogP contribution in [0.25, 0.3) is 0 Å². The summed E-state index contributed by atoms with van der Waals surface area (Å²) in [5, 5.41) is 18.4. The molecule has 4 nitrogen and oxygen atoms in total. The molecule has 0 heterocycles. The number of carbonyl (C=O) groups excluding carboxylic acids is 1. The number of nitrogens with zero attached hydrogens (tertiary/aromatic N) is 2. The van der Waals surface area contributed by atoms with Crippen molar-refractivity contribution in [1.82, 2.24) is 0 Å². The minimum Gasteiger partial charge on any atom is -0.506 e. The van der Waals surface area contributed by atoms with Crippen molar-refractivity contribution < 1.29 is 9.90 Å². The highest BCUT2D eigenvalue weighted by molar-refractivity contribution is 5.99. The van der Waals surface area contributed by atoms with Gasteiger partial charge < -0.3 is 5.11 Å². The predicted molar refractivity (Wildman–Crippen MR) is 106 cm³/mol. The number of aromatic hydroxyl groups is 1. The molecule has 0 spiro atoms. The molecule has 0 aliphatic carbocycles. The number of rotatable bonds is 4. The van der Waals surface area contributed by atoms with E-state index in [2.05, 4.69) is 31.0 Å². The van der Waals surface area contributed by atoms with Crippen molar-refractivity contribution in [2.75, 3.05) is 0 Å². The van der Waals surface area contributed by atoms with Crippen LogP contribution in [0.15, 0.2) is 52.7 Å². The standard InChI is InChI=1S/C22H28N2O2/c1-21(2,3)14-15-7-12-19(25)18(13-15)24-23-17-10-8-16(9-11-17)20(26)22(4,5)6/h7-13,25H,14H2,1-6H3. The lowest BCUT2D eigenvalue weighted by Gasteiger charge is -2.18. The number of benzene rings is 2. The highest BCUT2D eigenvalue weighted by atomic mass is 16.3. The third-order valence-electron chi connectivity index (χ3n) is 3.86. The van der Waals surface area contributed by atoms with Gasteiger partial charge in [-0.1, -0.05) is 47.6 Å². The highest BCUT2D eigenvalue weighted by Gasteiger charge is 2.22. The lowest BCUT2D eigenvalue weighted by Crippen LogP contribution is -2.19. The average Bonchev–Trinajstić information content (AvgIpc) is 2.53. The molecule has 0 aliphatic rings. The van der Waals surface area contributed by atoms with E-state index in [1.807, 2.05) is 32.9 Å². The number of phenolic OH excluding ortho intramolecular Hbond substituents is 1. The summed E-state index contributed by atoms with van der Waals surface area (Å²) in [7, 11) is 0. The molecule has 2 aromatic carbocycles. The Bertz CT molecular complexity index is 808. The van der Waals surface area contributed by atoms with Gasteiger partial charge in [0, 0.05) is 11.0 Å². The number of hydrogen-bond acceptors (Lipinski definition) is 4. The van der Waals surface area contributed by atoms with E-state index in [-0.39, 0.29) is 16.9 Å². The predicted octanol–water partition coefficient (Wildman–Crippen LogP) is 6.63. The smallest absolute Gasteiger partial charge is 0.168 e. The molecule has 0 fully saturated rings. The average molecular weight is 352 g/mol. The van der Waals surface area contributed by atoms with Gasteiger partial charge >= 0.3 is 0 Å². The Labute approximate surface area is 156 Å². The third kappa shape index (κ3) is 5.51. The Morgan fingerprint density at radius 2 is 1.54 bits per heavy atom. The number of phenols is 1. The fourth-order valence-corrected chi connectivity index (χ4v) is 2.60. The summed E-state index contributed by atoms with van der Waals surface area (Å²) < 4.78 is 0. The molecule has 0 saturated carbocycles. The second-order valence-corrected chi connectivity index (χ2v) is 8.89. The molecule has 2 rings (SSSR count). The molecule has 138 valence electrons. The van der Waals surface area contributed by atoms with Crippen LogP contribution in [0.2, 0.25) is 0 Å². The molecule has 0 unspecified atom stereocenters. The number of azo groups is 1. The first-order valence-corrected chi connectivity index (χ1v) is 8.84. The fraction of sp³-hybridized carbons (Fsp3) is 0.409. The number of ketones is 1. The number of hydrogen-bond donors (Lipinski definition) is 1. The summed E-state index contributed by atoms with van der Waals surface area (Å²) in [5.74, 6) is 0.194. The molecule has 1 N–H and O–H groups in total. The molecule has 0 saturated heterocycles. The highest BCUT2D eigenvalue weighted by Crippen LogP contribution is 2.32. The molecule has 0 aliphatic heterocycles. The maximum atomic E-state index is 12.3. The Morgan fingerprint density at radius 3 is 2.08 bits per heavy atom. The van der Waals surface area contributed by atoms with Crippen molar-refractivity contribution in [3.63, 3.8) is 0 Å². The molecule has 2 aromatic rings. The van der Waals surface area contributed by atoms with Gasteiger partial charge in [0.15, 0.2) is 5.78 Å². The largest absolute Gasteiger partial charge is 0.506 e. The first kappa shape index (κ1) is 19.8. The van der Waals surface area contributed by atoms with Gasteiger partial charge in [-0.15, -0.1) is 5.11 Å². The van der Waals surface area contributed by atoms with E-state index in [0.29, 0.717) is 16.9 Å². The first-order valence-electron chi connectivity index (χ1n) is 8.84. The van der Waals surface area contributed by atoms with E-state index < -0.39 is 5.41 Å². The van der Waals surface area contributed by atoms with Crippen LogP contribution >= 0.6 is 0 Å². The zero-order chi connectivity index (χ0) is 19.5. The van der Waals surface area contributed by atoms with Crippen LogP contribution in [-0.4, -0.2) is 10.9 Å². The zero-order valence-corrected chi connectivity index (χ0v) is 16.5. The Balaban J connectivity index is 2.19. The van der Waals surface area contributed by atoms with Crippen LogP contribution in [0.1, 0.15) is 57.5 Å². The van der Waals surface area contributed by atoms with Crippen LogP contribution in [0.5, 0.6) is 5.75 Å². The maximum absolute atomic E-state index is 12.3. The van der Waals surface area contributed by atoms with Gasteiger partial charge in [0.2, 0.25) is 0 Å². The Morgan fingerprint density at radius 1 is 0.923 bits per heavy atom. The van der Waals surface area contributed by atoms with Crippen molar-refractivity contribution in [1.29, 1.82) is 0 Å². The fourth-order valence-electron chi connectivity index (χ4n) is 2.60. The van der Waals surface area contributed by atoms with Crippen LogP contribution in [0.3, 0.4) is 0 Å². The lowest BCUT2D eigenvalue weighted by atomic mass is 9.86. The molecular weight excluding hydrogens is 324 g/mol. The van der Waals surface area contributed by atoms with E-state index in [1.165, 1.54) is 0 Å². The van der Waals surface area contributed by atoms with Crippen LogP contribution in [0, 0.1) is 10.8 Å². The van der Waals surface area contributed by atoms with Crippen molar-refractivity contribution in [2.45, 2.75) is 48.0 Å². The molecule has 26 heavy (non-hydrogen) atoms. The SMILES string of the molecule is CC(C)(C)Cc1ccc(O)c(N=Nc2ccc(C(=O)C(C)(C)C)cc2)c1. The second-order valence-electron chi connectivity index (χ2n) is 8.89. The van der Waals surface area contributed by atoms with Gasteiger partial charge in [-0.3, -0.25) is 4.79 Å². The summed E-state index contributed by atoms with van der Waals surface area (Å²) >= 11 is 0. The van der Waals surface area contributed by atoms with Crippen molar-refractivity contribution in [2.24, 2.45) is 21.1 Å². The van der Waals surface area contributed by atoms with E-state index in [1.54, 1.807) is 30.3 Å². The minimum atomic E-state index is -0.414. The lowest BCUT2D eigenvalue weighted by molar-refractivity contribution is 0.0858. The summed E-state index contributed by atoms with van der Waals surface area (Å²) in [4.78, 5) is 12.3. The molecule has 4 heteroatoms. The third-order valence-corrected chi connectivity index (χ3v) is 3.86. The van der Waals surface area contributed by atoms with E-state index in [0.717, 1.165) is 12.0 Å². The Hall–Kier alpha value is -2.49. The topological polar surface area (TPSA) is 62.0 Å².